The predicted octanol–water partition coefficient (Wildman–Crippen LogP) is 3.11. The van der Waals surface area contributed by atoms with Gasteiger partial charge in [-0.05, 0) is 44.1 Å². The topological polar surface area (TPSA) is 98.7 Å². The van der Waals surface area contributed by atoms with Crippen LogP contribution in [0.2, 0.25) is 0 Å². The number of likely N-dealkylation sites (tertiary alicyclic amines) is 1. The minimum Gasteiger partial charge on any atom is -0.394 e. The molecule has 2 unspecified atom stereocenters. The highest BCUT2D eigenvalue weighted by atomic mass is 32.2. The highest BCUT2D eigenvalue weighted by Crippen LogP contribution is 2.71. The van der Waals surface area contributed by atoms with Gasteiger partial charge in [-0.25, -0.2) is 0 Å². The van der Waals surface area contributed by atoms with Crippen molar-refractivity contribution < 1.29 is 19.5 Å². The summed E-state index contributed by atoms with van der Waals surface area (Å²) in [5, 5.41) is 16.5. The van der Waals surface area contributed by atoms with Gasteiger partial charge in [0.1, 0.15) is 6.04 Å². The van der Waals surface area contributed by atoms with E-state index in [9.17, 15) is 19.5 Å². The number of nitrogens with one attached hydrogen (secondary N) is 2. The fourth-order valence-corrected chi connectivity index (χ4v) is 9.00. The van der Waals surface area contributed by atoms with Crippen LogP contribution in [0.1, 0.15) is 65.4 Å². The first-order chi connectivity index (χ1) is 17.2. The number of carbonyl (C=O) groups is 3. The quantitative estimate of drug-likeness (QED) is 0.394. The number of nitrogens with zero attached hydrogens (tertiary/aromatic N) is 1. The molecule has 4 rings (SSSR count). The second-order valence-electron chi connectivity index (χ2n) is 11.3. The largest absolute Gasteiger partial charge is 0.394 e. The molecule has 7 nitrogen and oxygen atoms in total. The number of hydrogen-bond donors (Lipinski definition) is 3. The van der Waals surface area contributed by atoms with E-state index < -0.39 is 33.4 Å². The lowest BCUT2D eigenvalue weighted by Crippen LogP contribution is -2.56. The Morgan fingerprint density at radius 1 is 1.17 bits per heavy atom. The van der Waals surface area contributed by atoms with Gasteiger partial charge in [0.05, 0.1) is 29.2 Å². The van der Waals surface area contributed by atoms with Crippen molar-refractivity contribution in [3.05, 3.63) is 35.9 Å². The Morgan fingerprint density at radius 2 is 1.89 bits per heavy atom. The zero-order valence-electron chi connectivity index (χ0n) is 22.0. The van der Waals surface area contributed by atoms with Crippen LogP contribution in [0.15, 0.2) is 30.3 Å². The molecule has 3 amide bonds. The number of hydrogen-bond acceptors (Lipinski definition) is 5. The molecule has 3 saturated heterocycles. The Hall–Kier alpha value is -2.06. The van der Waals surface area contributed by atoms with E-state index >= 15 is 0 Å². The predicted molar refractivity (Wildman–Crippen MR) is 142 cm³/mol. The van der Waals surface area contributed by atoms with Crippen molar-refractivity contribution in [2.45, 2.75) is 87.9 Å². The SMILES string of the molecule is CCCCNC(=O)C1N([C@@H](CO)CC(C)C)C(=O)[C@@H]2[C@H](C(=O)NCc3ccccc3)[C@]3(C)CCC12S3. The smallest absolute Gasteiger partial charge is 0.244 e. The molecule has 3 N–H and O–H groups in total. The zero-order valence-corrected chi connectivity index (χ0v) is 22.8. The van der Waals surface area contributed by atoms with Gasteiger partial charge < -0.3 is 20.6 Å². The van der Waals surface area contributed by atoms with Gasteiger partial charge in [0.2, 0.25) is 17.7 Å². The van der Waals surface area contributed by atoms with Crippen LogP contribution in [-0.2, 0) is 20.9 Å². The number of unbranched alkanes of at least 4 members (excludes halogenated alkanes) is 1. The van der Waals surface area contributed by atoms with E-state index in [1.165, 1.54) is 0 Å². The maximum atomic E-state index is 14.2. The third kappa shape index (κ3) is 4.67. The molecule has 0 saturated carbocycles. The van der Waals surface area contributed by atoms with E-state index in [0.717, 1.165) is 31.2 Å². The standard InChI is InChI=1S/C28H41N3O4S/c1-5-6-14-29-25(34)23-28-13-12-27(4,36-28)21(24(33)30-16-19-10-8-7-9-11-19)22(28)26(35)31(23)20(17-32)15-18(2)3/h7-11,18,20-23,32H,5-6,12-17H2,1-4H3,(H,29,34)(H,30,33)/t20-,21-,22+,23?,27+,28?/m1/s1. The molecule has 198 valence electrons. The van der Waals surface area contributed by atoms with Gasteiger partial charge in [0.25, 0.3) is 0 Å². The maximum Gasteiger partial charge on any atom is 0.244 e. The first-order valence-corrected chi connectivity index (χ1v) is 14.2. The second-order valence-corrected chi connectivity index (χ2v) is 13.2. The average molecular weight is 516 g/mol. The monoisotopic (exact) mass is 515 g/mol. The number of rotatable bonds is 11. The number of amides is 3. The van der Waals surface area contributed by atoms with Crippen LogP contribution in [0, 0.1) is 17.8 Å². The van der Waals surface area contributed by atoms with Crippen LogP contribution in [0.3, 0.4) is 0 Å². The fraction of sp³-hybridized carbons (Fsp3) is 0.679. The van der Waals surface area contributed by atoms with Crippen molar-refractivity contribution >= 4 is 29.5 Å². The van der Waals surface area contributed by atoms with E-state index in [-0.39, 0.29) is 30.2 Å². The van der Waals surface area contributed by atoms with Crippen molar-refractivity contribution in [2.24, 2.45) is 17.8 Å². The fourth-order valence-electron chi connectivity index (χ4n) is 6.66. The summed E-state index contributed by atoms with van der Waals surface area (Å²) in [6.07, 6.45) is 3.94. The molecule has 3 heterocycles. The van der Waals surface area contributed by atoms with Gasteiger partial charge in [0.15, 0.2) is 0 Å². The lowest BCUT2D eigenvalue weighted by atomic mass is 9.66. The third-order valence-corrected chi connectivity index (χ3v) is 10.2. The van der Waals surface area contributed by atoms with Crippen molar-refractivity contribution in [3.63, 3.8) is 0 Å². The summed E-state index contributed by atoms with van der Waals surface area (Å²) >= 11 is 1.67. The minimum atomic E-state index is -0.679. The van der Waals surface area contributed by atoms with Crippen LogP contribution in [0.25, 0.3) is 0 Å². The first-order valence-electron chi connectivity index (χ1n) is 13.4. The number of benzene rings is 1. The molecule has 36 heavy (non-hydrogen) atoms. The lowest BCUT2D eigenvalue weighted by molar-refractivity contribution is -0.143. The van der Waals surface area contributed by atoms with Crippen molar-refractivity contribution in [2.75, 3.05) is 13.2 Å². The number of aliphatic hydroxyl groups excluding tert-OH is 1. The summed E-state index contributed by atoms with van der Waals surface area (Å²) in [7, 11) is 0. The summed E-state index contributed by atoms with van der Waals surface area (Å²) in [6, 6.07) is 8.63. The van der Waals surface area contributed by atoms with Gasteiger partial charge in [-0.15, -0.1) is 11.8 Å². The van der Waals surface area contributed by atoms with Crippen molar-refractivity contribution in [1.29, 1.82) is 0 Å². The van der Waals surface area contributed by atoms with Crippen molar-refractivity contribution in [3.8, 4) is 0 Å². The Morgan fingerprint density at radius 3 is 2.53 bits per heavy atom. The summed E-state index contributed by atoms with van der Waals surface area (Å²) in [4.78, 5) is 43.2. The minimum absolute atomic E-state index is 0.120. The Kier molecular flexibility index (Phi) is 8.05. The van der Waals surface area contributed by atoms with Gasteiger partial charge in [0, 0.05) is 17.8 Å². The van der Waals surface area contributed by atoms with Crippen LogP contribution < -0.4 is 10.6 Å². The third-order valence-electron chi connectivity index (χ3n) is 8.23. The summed E-state index contributed by atoms with van der Waals surface area (Å²) in [6.45, 7) is 9.04. The summed E-state index contributed by atoms with van der Waals surface area (Å²) < 4.78 is -1.05. The van der Waals surface area contributed by atoms with E-state index in [0.29, 0.717) is 19.5 Å². The highest BCUT2D eigenvalue weighted by Gasteiger charge is 2.77. The molecule has 0 aromatic heterocycles. The van der Waals surface area contributed by atoms with E-state index in [1.807, 2.05) is 30.3 Å². The molecule has 3 aliphatic rings. The summed E-state index contributed by atoms with van der Waals surface area (Å²) in [5.41, 5.74) is 1.01. The van der Waals surface area contributed by atoms with Gasteiger partial charge in [-0.1, -0.05) is 57.5 Å². The lowest BCUT2D eigenvalue weighted by Gasteiger charge is -2.37. The van der Waals surface area contributed by atoms with Gasteiger partial charge >= 0.3 is 0 Å². The molecule has 1 aromatic rings. The number of carbonyl (C=O) groups excluding carboxylic acids is 3. The van der Waals surface area contributed by atoms with Crippen LogP contribution in [0.4, 0.5) is 0 Å². The Balaban J connectivity index is 1.67. The van der Waals surface area contributed by atoms with Crippen LogP contribution in [-0.4, -0.2) is 62.5 Å². The normalized spacial score (nSPS) is 31.6. The molecule has 1 spiro atoms. The molecule has 0 aliphatic carbocycles. The summed E-state index contributed by atoms with van der Waals surface area (Å²) in [5.74, 6) is -1.25. The maximum absolute atomic E-state index is 14.2. The molecular weight excluding hydrogens is 474 g/mol. The zero-order chi connectivity index (χ0) is 26.1. The molecule has 6 atom stereocenters. The van der Waals surface area contributed by atoms with E-state index in [4.69, 9.17) is 0 Å². The van der Waals surface area contributed by atoms with Gasteiger partial charge in [-0.3, -0.25) is 14.4 Å². The second kappa shape index (κ2) is 10.7. The van der Waals surface area contributed by atoms with E-state index in [1.54, 1.807) is 16.7 Å². The molecule has 8 heteroatoms. The molecule has 0 radical (unpaired) electrons. The van der Waals surface area contributed by atoms with Gasteiger partial charge in [-0.2, -0.15) is 0 Å². The molecular formula is C28H41N3O4S. The van der Waals surface area contributed by atoms with E-state index in [2.05, 4.69) is 38.3 Å². The average Bonchev–Trinajstić information content (AvgIpc) is 3.42. The first kappa shape index (κ1) is 27.0. The Bertz CT molecular complexity index is 973. The van der Waals surface area contributed by atoms with Crippen LogP contribution in [0.5, 0.6) is 0 Å². The number of thioether (sulfide) groups is 1. The van der Waals surface area contributed by atoms with Crippen molar-refractivity contribution in [1.82, 2.24) is 15.5 Å². The number of fused-ring (bicyclic) bond motifs is 1. The molecule has 2 bridgehead atoms. The van der Waals surface area contributed by atoms with Crippen LogP contribution >= 0.6 is 11.8 Å². The molecule has 3 fully saturated rings. The Labute approximate surface area is 219 Å². The molecule has 3 aliphatic heterocycles. The molecule has 1 aromatic carbocycles. The number of aliphatic hydroxyl groups is 1. The highest BCUT2D eigenvalue weighted by molar-refractivity contribution is 8.02.